The van der Waals surface area contributed by atoms with Crippen LogP contribution in [0.1, 0.15) is 79.1 Å². The largest absolute Gasteiger partial charge is 0.299 e. The number of hydrogen-bond donors (Lipinski definition) is 0. The van der Waals surface area contributed by atoms with Crippen molar-refractivity contribution in [3.05, 3.63) is 0 Å². The molecule has 0 saturated heterocycles. The van der Waals surface area contributed by atoms with Crippen molar-refractivity contribution >= 4 is 5.78 Å². The molecule has 0 bridgehead atoms. The molecular formula is C16H30O. The summed E-state index contributed by atoms with van der Waals surface area (Å²) >= 11 is 0. The summed E-state index contributed by atoms with van der Waals surface area (Å²) in [6, 6.07) is 0. The van der Waals surface area contributed by atoms with Crippen molar-refractivity contribution in [2.24, 2.45) is 17.3 Å². The Morgan fingerprint density at radius 3 is 2.24 bits per heavy atom. The monoisotopic (exact) mass is 238 g/mol. The van der Waals surface area contributed by atoms with Crippen LogP contribution in [0.15, 0.2) is 0 Å². The summed E-state index contributed by atoms with van der Waals surface area (Å²) in [7, 11) is 0. The molecule has 0 heterocycles. The minimum atomic E-state index is 0.0656. The minimum Gasteiger partial charge on any atom is -0.299 e. The van der Waals surface area contributed by atoms with E-state index in [1.807, 2.05) is 0 Å². The van der Waals surface area contributed by atoms with Crippen molar-refractivity contribution in [2.75, 3.05) is 0 Å². The number of rotatable bonds is 7. The Hall–Kier alpha value is -0.330. The van der Waals surface area contributed by atoms with Gasteiger partial charge in [0.2, 0.25) is 0 Å². The van der Waals surface area contributed by atoms with Crippen LogP contribution in [0.4, 0.5) is 0 Å². The summed E-state index contributed by atoms with van der Waals surface area (Å²) < 4.78 is 0. The van der Waals surface area contributed by atoms with Crippen molar-refractivity contribution in [1.29, 1.82) is 0 Å². The van der Waals surface area contributed by atoms with Gasteiger partial charge in [-0.3, -0.25) is 4.79 Å². The van der Waals surface area contributed by atoms with E-state index in [1.165, 1.54) is 25.7 Å². The number of carbonyl (C=O) groups excluding carboxylic acids is 1. The zero-order chi connectivity index (χ0) is 12.9. The van der Waals surface area contributed by atoms with Gasteiger partial charge < -0.3 is 0 Å². The van der Waals surface area contributed by atoms with E-state index < -0.39 is 0 Å². The molecule has 1 aliphatic rings. The van der Waals surface area contributed by atoms with Gasteiger partial charge in [0, 0.05) is 11.8 Å². The molecule has 1 heteroatoms. The lowest BCUT2D eigenvalue weighted by Gasteiger charge is -2.30. The van der Waals surface area contributed by atoms with Crippen LogP contribution in [0.25, 0.3) is 0 Å². The second kappa shape index (κ2) is 6.56. The lowest BCUT2D eigenvalue weighted by Crippen LogP contribution is -2.31. The smallest absolute Gasteiger partial charge is 0.139 e. The van der Waals surface area contributed by atoms with Gasteiger partial charge in [-0.15, -0.1) is 0 Å². The first kappa shape index (κ1) is 14.7. The van der Waals surface area contributed by atoms with E-state index in [4.69, 9.17) is 0 Å². The van der Waals surface area contributed by atoms with Crippen LogP contribution < -0.4 is 0 Å². The van der Waals surface area contributed by atoms with Crippen LogP contribution in [-0.4, -0.2) is 5.78 Å². The fourth-order valence-corrected chi connectivity index (χ4v) is 3.56. The van der Waals surface area contributed by atoms with Gasteiger partial charge in [0.05, 0.1) is 0 Å². The molecule has 0 aliphatic heterocycles. The maximum Gasteiger partial charge on any atom is 0.139 e. The predicted octanol–water partition coefficient (Wildman–Crippen LogP) is 4.99. The predicted molar refractivity (Wildman–Crippen MR) is 74.1 cm³/mol. The molecule has 0 aromatic heterocycles. The van der Waals surface area contributed by atoms with Gasteiger partial charge in [0.25, 0.3) is 0 Å². The normalized spacial score (nSPS) is 20.8. The van der Waals surface area contributed by atoms with Gasteiger partial charge in [-0.05, 0) is 31.1 Å². The van der Waals surface area contributed by atoms with E-state index in [0.29, 0.717) is 17.6 Å². The maximum absolute atomic E-state index is 12.6. The Balaban J connectivity index is 2.60. The second-order valence-electron chi connectivity index (χ2n) is 6.61. The fraction of sp³-hybridized carbons (Fsp3) is 0.938. The van der Waals surface area contributed by atoms with E-state index in [0.717, 1.165) is 25.7 Å². The zero-order valence-corrected chi connectivity index (χ0v) is 12.2. The average molecular weight is 238 g/mol. The summed E-state index contributed by atoms with van der Waals surface area (Å²) in [6.07, 6.45) is 9.17. The fourth-order valence-electron chi connectivity index (χ4n) is 3.56. The van der Waals surface area contributed by atoms with Crippen LogP contribution in [-0.2, 0) is 4.79 Å². The third-order valence-corrected chi connectivity index (χ3v) is 4.27. The first-order valence-corrected chi connectivity index (χ1v) is 7.53. The second-order valence-corrected chi connectivity index (χ2v) is 6.61. The molecule has 0 aromatic rings. The molecule has 17 heavy (non-hydrogen) atoms. The Morgan fingerprint density at radius 2 is 1.76 bits per heavy atom. The molecule has 0 aromatic carbocycles. The van der Waals surface area contributed by atoms with E-state index in [-0.39, 0.29) is 5.41 Å². The summed E-state index contributed by atoms with van der Waals surface area (Å²) in [5, 5.41) is 0. The highest BCUT2D eigenvalue weighted by Gasteiger charge is 2.40. The minimum absolute atomic E-state index is 0.0656. The molecule has 0 spiro atoms. The Morgan fingerprint density at radius 1 is 1.18 bits per heavy atom. The van der Waals surface area contributed by atoms with E-state index in [1.54, 1.807) is 0 Å². The molecule has 0 radical (unpaired) electrons. The highest BCUT2D eigenvalue weighted by atomic mass is 16.1. The third-order valence-electron chi connectivity index (χ3n) is 4.27. The number of hydrogen-bond acceptors (Lipinski definition) is 1. The van der Waals surface area contributed by atoms with Crippen molar-refractivity contribution < 1.29 is 4.79 Å². The SMILES string of the molecule is CCCC(C)CC(=O)C1(CC(C)C)CCCC1. The van der Waals surface area contributed by atoms with E-state index in [9.17, 15) is 4.79 Å². The Bertz CT molecular complexity index is 236. The standard InChI is InChI=1S/C16H30O/c1-5-8-14(4)11-15(17)16(12-13(2)3)9-6-7-10-16/h13-14H,5-12H2,1-4H3. The highest BCUT2D eigenvalue weighted by Crippen LogP contribution is 2.45. The van der Waals surface area contributed by atoms with Crippen LogP contribution in [0, 0.1) is 17.3 Å². The van der Waals surface area contributed by atoms with Gasteiger partial charge in [-0.1, -0.05) is 53.4 Å². The van der Waals surface area contributed by atoms with Gasteiger partial charge in [-0.2, -0.15) is 0 Å². The molecule has 1 atom stereocenters. The first-order valence-electron chi connectivity index (χ1n) is 7.53. The van der Waals surface area contributed by atoms with E-state index >= 15 is 0 Å². The molecule has 1 aliphatic carbocycles. The number of ketones is 1. The lowest BCUT2D eigenvalue weighted by molar-refractivity contribution is -0.130. The van der Waals surface area contributed by atoms with Crippen LogP contribution in [0.5, 0.6) is 0 Å². The Kier molecular flexibility index (Phi) is 5.69. The van der Waals surface area contributed by atoms with E-state index in [2.05, 4.69) is 27.7 Å². The Labute approximate surface area is 107 Å². The van der Waals surface area contributed by atoms with Gasteiger partial charge >= 0.3 is 0 Å². The van der Waals surface area contributed by atoms with Crippen LogP contribution in [0.3, 0.4) is 0 Å². The van der Waals surface area contributed by atoms with Crippen molar-refractivity contribution in [1.82, 2.24) is 0 Å². The molecule has 0 N–H and O–H groups in total. The van der Waals surface area contributed by atoms with Gasteiger partial charge in [0.15, 0.2) is 0 Å². The number of Topliss-reactive ketones (excluding diaryl/α,β-unsaturated/α-hetero) is 1. The molecule has 1 fully saturated rings. The average Bonchev–Trinajstić information content (AvgIpc) is 2.66. The van der Waals surface area contributed by atoms with Crippen LogP contribution >= 0.6 is 0 Å². The van der Waals surface area contributed by atoms with Gasteiger partial charge in [-0.25, -0.2) is 0 Å². The van der Waals surface area contributed by atoms with Crippen LogP contribution in [0.2, 0.25) is 0 Å². The molecular weight excluding hydrogens is 208 g/mol. The quantitative estimate of drug-likeness (QED) is 0.611. The highest BCUT2D eigenvalue weighted by molar-refractivity contribution is 5.85. The zero-order valence-electron chi connectivity index (χ0n) is 12.2. The molecule has 1 rings (SSSR count). The molecule has 1 unspecified atom stereocenters. The van der Waals surface area contributed by atoms with Gasteiger partial charge in [0.1, 0.15) is 5.78 Å². The summed E-state index contributed by atoms with van der Waals surface area (Å²) in [5.41, 5.74) is 0.0656. The van der Waals surface area contributed by atoms with Crippen molar-refractivity contribution in [2.45, 2.75) is 79.1 Å². The molecule has 1 nitrogen and oxygen atoms in total. The first-order chi connectivity index (χ1) is 8.00. The summed E-state index contributed by atoms with van der Waals surface area (Å²) in [6.45, 7) is 8.95. The van der Waals surface area contributed by atoms with Crippen molar-refractivity contribution in [3.63, 3.8) is 0 Å². The van der Waals surface area contributed by atoms with Crippen molar-refractivity contribution in [3.8, 4) is 0 Å². The lowest BCUT2D eigenvalue weighted by atomic mass is 9.72. The number of carbonyl (C=O) groups is 1. The summed E-state index contributed by atoms with van der Waals surface area (Å²) in [5.74, 6) is 1.81. The molecule has 100 valence electrons. The molecule has 1 saturated carbocycles. The molecule has 0 amide bonds. The summed E-state index contributed by atoms with van der Waals surface area (Å²) in [4.78, 5) is 12.6. The third kappa shape index (κ3) is 4.12. The topological polar surface area (TPSA) is 17.1 Å². The maximum atomic E-state index is 12.6.